The number of nitrogens with zero attached hydrogens (tertiary/aromatic N) is 3. The third-order valence-electron chi connectivity index (χ3n) is 4.83. The Hall–Kier alpha value is -4.12. The second-order valence-corrected chi connectivity index (χ2v) is 9.02. The van der Waals surface area contributed by atoms with E-state index in [1.54, 1.807) is 43.6 Å². The van der Waals surface area contributed by atoms with Crippen LogP contribution in [0.15, 0.2) is 76.4 Å². The van der Waals surface area contributed by atoms with E-state index >= 15 is 0 Å². The van der Waals surface area contributed by atoms with E-state index in [2.05, 4.69) is 25.2 Å². The van der Waals surface area contributed by atoms with Gasteiger partial charge in [0.25, 0.3) is 10.0 Å². The highest BCUT2D eigenvalue weighted by atomic mass is 32.2. The predicted molar refractivity (Wildman–Crippen MR) is 123 cm³/mol. The minimum absolute atomic E-state index is 0.0398. The fraction of sp³-hybridized carbons (Fsp3) is 0.130. The van der Waals surface area contributed by atoms with E-state index in [4.69, 9.17) is 4.52 Å². The molecule has 174 valence electrons. The number of hydrogen-bond donors (Lipinski definition) is 2. The van der Waals surface area contributed by atoms with Crippen LogP contribution in [0.1, 0.15) is 17.9 Å². The maximum Gasteiger partial charge on any atom is 0.262 e. The Morgan fingerprint density at radius 1 is 1.12 bits per heavy atom. The Labute approximate surface area is 195 Å². The number of nitrogens with one attached hydrogen (secondary N) is 2. The first-order valence-corrected chi connectivity index (χ1v) is 11.7. The average molecular weight is 482 g/mol. The van der Waals surface area contributed by atoms with E-state index < -0.39 is 15.8 Å². The van der Waals surface area contributed by atoms with Crippen LogP contribution in [0.4, 0.5) is 15.8 Å². The van der Waals surface area contributed by atoms with Crippen LogP contribution in [-0.4, -0.2) is 29.4 Å². The minimum Gasteiger partial charge on any atom is -0.339 e. The van der Waals surface area contributed by atoms with Crippen LogP contribution in [0.3, 0.4) is 0 Å². The molecular weight excluding hydrogens is 461 g/mol. The third kappa shape index (κ3) is 5.44. The summed E-state index contributed by atoms with van der Waals surface area (Å²) >= 11 is 0. The number of halogens is 1. The largest absolute Gasteiger partial charge is 0.339 e. The van der Waals surface area contributed by atoms with E-state index in [-0.39, 0.29) is 40.9 Å². The molecule has 4 aromatic rings. The van der Waals surface area contributed by atoms with Crippen LogP contribution in [0, 0.1) is 12.7 Å². The monoisotopic (exact) mass is 481 g/mol. The molecule has 0 radical (unpaired) electrons. The lowest BCUT2D eigenvalue weighted by atomic mass is 10.2. The fourth-order valence-corrected chi connectivity index (χ4v) is 4.46. The molecular formula is C23H20FN5O4S. The number of amides is 1. The molecule has 0 fully saturated rings. The van der Waals surface area contributed by atoms with E-state index in [0.29, 0.717) is 17.0 Å². The molecule has 2 aromatic carbocycles. The quantitative estimate of drug-likeness (QED) is 0.390. The minimum atomic E-state index is -4.08. The zero-order valence-electron chi connectivity index (χ0n) is 18.0. The Balaban J connectivity index is 1.41. The van der Waals surface area contributed by atoms with Gasteiger partial charge in [-0.25, -0.2) is 12.8 Å². The predicted octanol–water partition coefficient (Wildman–Crippen LogP) is 3.95. The molecule has 4 rings (SSSR count). The Bertz CT molecular complexity index is 1420. The van der Waals surface area contributed by atoms with Crippen molar-refractivity contribution in [3.63, 3.8) is 0 Å². The van der Waals surface area contributed by atoms with Gasteiger partial charge < -0.3 is 9.84 Å². The fourth-order valence-electron chi connectivity index (χ4n) is 3.12. The summed E-state index contributed by atoms with van der Waals surface area (Å²) in [6, 6.07) is 13.5. The van der Waals surface area contributed by atoms with E-state index in [9.17, 15) is 17.6 Å². The van der Waals surface area contributed by atoms with Crippen LogP contribution < -0.4 is 10.0 Å². The third-order valence-corrected chi connectivity index (χ3v) is 6.34. The van der Waals surface area contributed by atoms with E-state index in [1.165, 1.54) is 24.3 Å². The summed E-state index contributed by atoms with van der Waals surface area (Å²) in [5.74, 6) is -0.397. The van der Waals surface area contributed by atoms with Crippen molar-refractivity contribution in [2.45, 2.75) is 24.7 Å². The van der Waals surface area contributed by atoms with Crippen molar-refractivity contribution in [3.8, 4) is 11.4 Å². The summed E-state index contributed by atoms with van der Waals surface area (Å²) < 4.78 is 47.0. The van der Waals surface area contributed by atoms with Crippen LogP contribution >= 0.6 is 0 Å². The number of anilines is 2. The Morgan fingerprint density at radius 2 is 1.94 bits per heavy atom. The number of sulfonamides is 1. The highest BCUT2D eigenvalue weighted by Crippen LogP contribution is 2.24. The summed E-state index contributed by atoms with van der Waals surface area (Å²) in [5.41, 5.74) is 1.25. The number of aromatic nitrogens is 3. The first kappa shape index (κ1) is 23.1. The molecule has 34 heavy (non-hydrogen) atoms. The molecule has 11 heteroatoms. The molecule has 0 unspecified atom stereocenters. The highest BCUT2D eigenvalue weighted by molar-refractivity contribution is 7.92. The number of benzene rings is 2. The number of carbonyl (C=O) groups is 1. The summed E-state index contributed by atoms with van der Waals surface area (Å²) in [6.45, 7) is 1.61. The molecule has 0 aliphatic heterocycles. The van der Waals surface area contributed by atoms with Gasteiger partial charge in [-0.2, -0.15) is 4.98 Å². The molecule has 0 spiro atoms. The highest BCUT2D eigenvalue weighted by Gasteiger charge is 2.20. The molecule has 0 aliphatic rings. The van der Waals surface area contributed by atoms with Gasteiger partial charge in [-0.3, -0.25) is 14.5 Å². The lowest BCUT2D eigenvalue weighted by Crippen LogP contribution is -2.17. The van der Waals surface area contributed by atoms with Crippen molar-refractivity contribution >= 4 is 27.3 Å². The van der Waals surface area contributed by atoms with Gasteiger partial charge in [-0.1, -0.05) is 23.4 Å². The molecule has 1 amide bonds. The number of rotatable bonds is 8. The van der Waals surface area contributed by atoms with Gasteiger partial charge in [-0.15, -0.1) is 0 Å². The number of aryl methyl sites for hydroxylation is 2. The van der Waals surface area contributed by atoms with Crippen molar-refractivity contribution in [2.75, 3.05) is 10.0 Å². The second-order valence-electron chi connectivity index (χ2n) is 7.37. The maximum atomic E-state index is 13.9. The number of carbonyl (C=O) groups excluding carboxylic acids is 1. The Morgan fingerprint density at radius 3 is 2.71 bits per heavy atom. The van der Waals surface area contributed by atoms with Crippen LogP contribution in [0.5, 0.6) is 0 Å². The second kappa shape index (κ2) is 9.79. The maximum absolute atomic E-state index is 13.9. The number of pyridine rings is 1. The molecule has 0 atom stereocenters. The van der Waals surface area contributed by atoms with Crippen molar-refractivity contribution in [2.24, 2.45) is 0 Å². The van der Waals surface area contributed by atoms with Crippen LogP contribution in [-0.2, 0) is 21.2 Å². The number of para-hydroxylation sites is 1. The standard InChI is InChI=1S/C23H20FN5O4S/c1-15-8-9-17(13-20(15)34(31,32)29-19-7-3-2-6-18(19)24)26-21(30)10-11-22-27-23(28-33-22)16-5-4-12-25-14-16/h2-9,12-14,29H,10-11H2,1H3,(H,26,30). The van der Waals surface area contributed by atoms with Gasteiger partial charge in [-0.05, 0) is 48.9 Å². The summed E-state index contributed by atoms with van der Waals surface area (Å²) in [6.07, 6.45) is 3.47. The molecule has 0 bridgehead atoms. The first-order chi connectivity index (χ1) is 16.3. The Kier molecular flexibility index (Phi) is 6.64. The lowest BCUT2D eigenvalue weighted by Gasteiger charge is -2.13. The summed E-state index contributed by atoms with van der Waals surface area (Å²) in [5, 5.41) is 6.54. The zero-order chi connectivity index (χ0) is 24.1. The van der Waals surface area contributed by atoms with Crippen molar-refractivity contribution in [1.29, 1.82) is 0 Å². The molecule has 0 aliphatic carbocycles. The average Bonchev–Trinajstić information content (AvgIpc) is 3.30. The molecule has 0 saturated carbocycles. The summed E-state index contributed by atoms with van der Waals surface area (Å²) in [4.78, 5) is 20.6. The lowest BCUT2D eigenvalue weighted by molar-refractivity contribution is -0.116. The molecule has 2 N–H and O–H groups in total. The topological polar surface area (TPSA) is 127 Å². The van der Waals surface area contributed by atoms with Gasteiger partial charge in [0, 0.05) is 36.5 Å². The van der Waals surface area contributed by atoms with Crippen LogP contribution in [0.2, 0.25) is 0 Å². The van der Waals surface area contributed by atoms with Crippen LogP contribution in [0.25, 0.3) is 11.4 Å². The normalized spacial score (nSPS) is 11.2. The molecule has 2 heterocycles. The zero-order valence-corrected chi connectivity index (χ0v) is 18.8. The first-order valence-electron chi connectivity index (χ1n) is 10.2. The van der Waals surface area contributed by atoms with Gasteiger partial charge in [0.15, 0.2) is 0 Å². The van der Waals surface area contributed by atoms with E-state index in [0.717, 1.165) is 6.07 Å². The molecule has 0 saturated heterocycles. The summed E-state index contributed by atoms with van der Waals surface area (Å²) in [7, 11) is -4.08. The van der Waals surface area contributed by atoms with Gasteiger partial charge in [0.1, 0.15) is 5.82 Å². The van der Waals surface area contributed by atoms with Gasteiger partial charge in [0.05, 0.1) is 10.6 Å². The van der Waals surface area contributed by atoms with Crippen molar-refractivity contribution < 1.29 is 22.1 Å². The smallest absolute Gasteiger partial charge is 0.262 e. The number of hydrogen-bond acceptors (Lipinski definition) is 7. The molecule has 2 aromatic heterocycles. The van der Waals surface area contributed by atoms with E-state index in [1.807, 2.05) is 0 Å². The molecule has 9 nitrogen and oxygen atoms in total. The van der Waals surface area contributed by atoms with Crippen molar-refractivity contribution in [1.82, 2.24) is 15.1 Å². The van der Waals surface area contributed by atoms with Crippen molar-refractivity contribution in [3.05, 3.63) is 84.3 Å². The van der Waals surface area contributed by atoms with Gasteiger partial charge >= 0.3 is 0 Å². The SMILES string of the molecule is Cc1ccc(NC(=O)CCc2nc(-c3cccnc3)no2)cc1S(=O)(=O)Nc1ccccc1F. The van der Waals surface area contributed by atoms with Gasteiger partial charge in [0.2, 0.25) is 17.6 Å².